The van der Waals surface area contributed by atoms with Crippen molar-refractivity contribution in [2.24, 2.45) is 10.8 Å². The summed E-state index contributed by atoms with van der Waals surface area (Å²) in [6.07, 6.45) is -0.543. The Balaban J connectivity index is 4.05. The SMILES string of the molecule is CC(NC(=O)NCC(O)C(C)(C)C)C(C)(C)C. The van der Waals surface area contributed by atoms with E-state index in [1.165, 1.54) is 0 Å². The van der Waals surface area contributed by atoms with E-state index in [2.05, 4.69) is 31.4 Å². The Hall–Kier alpha value is -0.770. The molecule has 0 fully saturated rings. The molecule has 0 aliphatic carbocycles. The molecule has 4 nitrogen and oxygen atoms in total. The molecule has 0 saturated carbocycles. The van der Waals surface area contributed by atoms with E-state index in [9.17, 15) is 9.90 Å². The second-order valence-electron chi connectivity index (χ2n) is 6.82. The fraction of sp³-hybridized carbons (Fsp3) is 0.923. The molecular formula is C13H28N2O2. The van der Waals surface area contributed by atoms with E-state index in [0.29, 0.717) is 0 Å². The first kappa shape index (κ1) is 16.2. The van der Waals surface area contributed by atoms with Crippen molar-refractivity contribution >= 4 is 6.03 Å². The largest absolute Gasteiger partial charge is 0.391 e. The topological polar surface area (TPSA) is 61.4 Å². The number of aliphatic hydroxyl groups is 1. The van der Waals surface area contributed by atoms with Gasteiger partial charge in [0.1, 0.15) is 0 Å². The summed E-state index contributed by atoms with van der Waals surface area (Å²) in [6, 6.07) is -0.148. The molecule has 0 radical (unpaired) electrons. The molecule has 0 saturated heterocycles. The summed E-state index contributed by atoms with van der Waals surface area (Å²) in [6.45, 7) is 14.3. The predicted molar refractivity (Wildman–Crippen MR) is 70.9 cm³/mol. The van der Waals surface area contributed by atoms with Crippen molar-refractivity contribution in [3.63, 3.8) is 0 Å². The third-order valence-electron chi connectivity index (χ3n) is 3.10. The zero-order valence-electron chi connectivity index (χ0n) is 12.2. The zero-order valence-corrected chi connectivity index (χ0v) is 12.2. The first-order valence-corrected chi connectivity index (χ1v) is 6.17. The molecule has 3 N–H and O–H groups in total. The van der Waals surface area contributed by atoms with Crippen molar-refractivity contribution in [2.75, 3.05) is 6.54 Å². The number of aliphatic hydroxyl groups excluding tert-OH is 1. The number of urea groups is 1. The highest BCUT2D eigenvalue weighted by atomic mass is 16.3. The highest BCUT2D eigenvalue weighted by Crippen LogP contribution is 2.19. The third kappa shape index (κ3) is 6.51. The Bertz CT molecular complexity index is 251. The summed E-state index contributed by atoms with van der Waals surface area (Å²) < 4.78 is 0. The van der Waals surface area contributed by atoms with Gasteiger partial charge in [0, 0.05) is 12.6 Å². The lowest BCUT2D eigenvalue weighted by Gasteiger charge is -2.29. The minimum atomic E-state index is -0.543. The third-order valence-corrected chi connectivity index (χ3v) is 3.10. The molecule has 0 heterocycles. The molecule has 0 rings (SSSR count). The Morgan fingerprint density at radius 2 is 1.59 bits per heavy atom. The average Bonchev–Trinajstić information content (AvgIpc) is 2.10. The van der Waals surface area contributed by atoms with Crippen molar-refractivity contribution in [1.82, 2.24) is 10.6 Å². The normalized spacial score (nSPS) is 16.2. The summed E-state index contributed by atoms with van der Waals surface area (Å²) in [5.74, 6) is 0. The molecule has 2 atom stereocenters. The molecule has 2 unspecified atom stereocenters. The quantitative estimate of drug-likeness (QED) is 0.712. The van der Waals surface area contributed by atoms with Crippen LogP contribution in [0.25, 0.3) is 0 Å². The van der Waals surface area contributed by atoms with Gasteiger partial charge in [0.25, 0.3) is 0 Å². The molecule has 0 aromatic rings. The zero-order chi connectivity index (χ0) is 13.9. The number of hydrogen-bond acceptors (Lipinski definition) is 2. The van der Waals surface area contributed by atoms with Crippen molar-refractivity contribution in [3.8, 4) is 0 Å². The van der Waals surface area contributed by atoms with Gasteiger partial charge in [-0.2, -0.15) is 0 Å². The maximum absolute atomic E-state index is 11.6. The van der Waals surface area contributed by atoms with Crippen LogP contribution in [0.5, 0.6) is 0 Å². The maximum atomic E-state index is 11.6. The monoisotopic (exact) mass is 244 g/mol. The Labute approximate surface area is 105 Å². The van der Waals surface area contributed by atoms with Gasteiger partial charge in [-0.1, -0.05) is 41.5 Å². The maximum Gasteiger partial charge on any atom is 0.315 e. The summed E-state index contributed by atoms with van der Waals surface area (Å²) in [5.41, 5.74) is -0.192. The lowest BCUT2D eigenvalue weighted by molar-refractivity contribution is 0.0647. The predicted octanol–water partition coefficient (Wildman–Crippen LogP) is 2.13. The van der Waals surface area contributed by atoms with E-state index >= 15 is 0 Å². The van der Waals surface area contributed by atoms with E-state index in [0.717, 1.165) is 0 Å². The van der Waals surface area contributed by atoms with E-state index in [1.807, 2.05) is 27.7 Å². The molecular weight excluding hydrogens is 216 g/mol. The number of rotatable bonds is 3. The van der Waals surface area contributed by atoms with Gasteiger partial charge >= 0.3 is 6.03 Å². The van der Waals surface area contributed by atoms with Gasteiger partial charge in [0.05, 0.1) is 6.10 Å². The highest BCUT2D eigenvalue weighted by Gasteiger charge is 2.24. The van der Waals surface area contributed by atoms with Gasteiger partial charge in [0.15, 0.2) is 0 Å². The van der Waals surface area contributed by atoms with E-state index in [1.54, 1.807) is 0 Å². The standard InChI is InChI=1S/C13H28N2O2/c1-9(12(2,3)4)15-11(17)14-8-10(16)13(5,6)7/h9-10,16H,8H2,1-7H3,(H2,14,15,17). The number of amides is 2. The number of hydrogen-bond donors (Lipinski definition) is 3. The average molecular weight is 244 g/mol. The molecule has 2 amide bonds. The van der Waals surface area contributed by atoms with Gasteiger partial charge in [-0.15, -0.1) is 0 Å². The Morgan fingerprint density at radius 1 is 1.12 bits per heavy atom. The van der Waals surface area contributed by atoms with Crippen LogP contribution < -0.4 is 10.6 Å². The van der Waals surface area contributed by atoms with Gasteiger partial charge in [-0.05, 0) is 17.8 Å². The molecule has 0 spiro atoms. The van der Waals surface area contributed by atoms with Crippen molar-refractivity contribution < 1.29 is 9.90 Å². The molecule has 0 bridgehead atoms. The van der Waals surface area contributed by atoms with Gasteiger partial charge < -0.3 is 15.7 Å². The summed E-state index contributed by atoms with van der Waals surface area (Å²) in [4.78, 5) is 11.6. The fourth-order valence-corrected chi connectivity index (χ4v) is 0.960. The molecule has 17 heavy (non-hydrogen) atoms. The van der Waals surface area contributed by atoms with Gasteiger partial charge in [-0.25, -0.2) is 4.79 Å². The minimum Gasteiger partial charge on any atom is -0.391 e. The summed E-state index contributed by atoms with van der Waals surface area (Å²) >= 11 is 0. The smallest absolute Gasteiger partial charge is 0.315 e. The summed E-state index contributed by atoms with van der Waals surface area (Å²) in [5, 5.41) is 15.3. The Morgan fingerprint density at radius 3 is 1.94 bits per heavy atom. The molecule has 4 heteroatoms. The molecule has 102 valence electrons. The first-order valence-electron chi connectivity index (χ1n) is 6.17. The van der Waals surface area contributed by atoms with Crippen LogP contribution in [0.2, 0.25) is 0 Å². The van der Waals surface area contributed by atoms with Crippen LogP contribution in [-0.4, -0.2) is 29.8 Å². The first-order chi connectivity index (χ1) is 7.44. The number of carbonyl (C=O) groups excluding carboxylic acids is 1. The van der Waals surface area contributed by atoms with Crippen LogP contribution in [0.4, 0.5) is 4.79 Å². The van der Waals surface area contributed by atoms with E-state index in [4.69, 9.17) is 0 Å². The minimum absolute atomic E-state index is 0.0278. The van der Waals surface area contributed by atoms with Crippen LogP contribution >= 0.6 is 0 Å². The second kappa shape index (κ2) is 5.71. The van der Waals surface area contributed by atoms with Crippen LogP contribution in [0.3, 0.4) is 0 Å². The van der Waals surface area contributed by atoms with Gasteiger partial charge in [0.2, 0.25) is 0 Å². The number of carbonyl (C=O) groups is 1. The Kier molecular flexibility index (Phi) is 5.46. The lowest BCUT2D eigenvalue weighted by atomic mass is 9.88. The van der Waals surface area contributed by atoms with Crippen LogP contribution in [-0.2, 0) is 0 Å². The second-order valence-corrected chi connectivity index (χ2v) is 6.82. The van der Waals surface area contributed by atoms with Crippen molar-refractivity contribution in [2.45, 2.75) is 60.6 Å². The molecule has 0 aliphatic rings. The van der Waals surface area contributed by atoms with Crippen LogP contribution in [0.15, 0.2) is 0 Å². The lowest BCUT2D eigenvalue weighted by Crippen LogP contribution is -2.49. The highest BCUT2D eigenvalue weighted by molar-refractivity contribution is 5.74. The molecule has 0 aliphatic heterocycles. The van der Waals surface area contributed by atoms with E-state index in [-0.39, 0.29) is 29.4 Å². The van der Waals surface area contributed by atoms with Crippen LogP contribution in [0.1, 0.15) is 48.5 Å². The van der Waals surface area contributed by atoms with Crippen molar-refractivity contribution in [3.05, 3.63) is 0 Å². The summed E-state index contributed by atoms with van der Waals surface area (Å²) in [7, 11) is 0. The fourth-order valence-electron chi connectivity index (χ4n) is 0.960. The number of nitrogens with one attached hydrogen (secondary N) is 2. The molecule has 0 aromatic carbocycles. The van der Waals surface area contributed by atoms with Crippen LogP contribution in [0, 0.1) is 10.8 Å². The van der Waals surface area contributed by atoms with Gasteiger partial charge in [-0.3, -0.25) is 0 Å². The van der Waals surface area contributed by atoms with Crippen molar-refractivity contribution in [1.29, 1.82) is 0 Å². The molecule has 0 aromatic heterocycles. The van der Waals surface area contributed by atoms with E-state index < -0.39 is 6.10 Å².